The molecular weight excluding hydrogens is 1340 g/mol. The van der Waals surface area contributed by atoms with E-state index in [-0.39, 0.29) is 85.6 Å². The van der Waals surface area contributed by atoms with Crippen LogP contribution < -0.4 is 42.5 Å². The van der Waals surface area contributed by atoms with E-state index in [9.17, 15) is 61.5 Å². The molecule has 5 rings (SSSR count). The summed E-state index contributed by atoms with van der Waals surface area (Å²) in [5.41, 5.74) is 5.07. The van der Waals surface area contributed by atoms with E-state index in [0.717, 1.165) is 34.1 Å². The molecule has 2 aromatic heterocycles. The molecule has 0 aliphatic carbocycles. The van der Waals surface area contributed by atoms with E-state index in [1.165, 1.54) is 61.5 Å². The number of likely N-dealkylation sites (tertiary alicyclic amines) is 1. The number of ether oxygens (including phenoxy) is 3. The van der Waals surface area contributed by atoms with E-state index in [4.69, 9.17) is 19.9 Å². The Morgan fingerprint density at radius 3 is 2.04 bits per heavy atom. The van der Waals surface area contributed by atoms with Crippen molar-refractivity contribution < 1.29 is 75.7 Å². The van der Waals surface area contributed by atoms with Gasteiger partial charge in [0.1, 0.15) is 41.0 Å². The fourth-order valence-electron chi connectivity index (χ4n) is 12.1. The summed E-state index contributed by atoms with van der Waals surface area (Å²) in [4.78, 5) is 153. The van der Waals surface area contributed by atoms with Gasteiger partial charge in [-0.05, 0) is 99.8 Å². The zero-order valence-electron chi connectivity index (χ0n) is 60.2. The van der Waals surface area contributed by atoms with Gasteiger partial charge in [-0.25, -0.2) is 37.8 Å². The Kier molecular flexibility index (Phi) is 32.5. The van der Waals surface area contributed by atoms with Crippen LogP contribution in [0.4, 0.5) is 15.3 Å². The maximum atomic E-state index is 14.8. The smallest absolute Gasteiger partial charge is 0.408 e. The Hall–Kier alpha value is -8.68. The van der Waals surface area contributed by atoms with Gasteiger partial charge in [0, 0.05) is 70.8 Å². The third-order valence-corrected chi connectivity index (χ3v) is 19.9. The second-order valence-electron chi connectivity index (χ2n) is 26.8. The number of carbonyl (C=O) groups excluding carboxylic acids is 9. The van der Waals surface area contributed by atoms with Gasteiger partial charge in [-0.15, -0.1) is 11.3 Å². The van der Waals surface area contributed by atoms with Crippen LogP contribution >= 0.6 is 11.3 Å². The Morgan fingerprint density at radius 2 is 1.47 bits per heavy atom. The molecule has 1 aliphatic heterocycles. The van der Waals surface area contributed by atoms with Crippen LogP contribution in [0.25, 0.3) is 0 Å². The van der Waals surface area contributed by atoms with E-state index >= 15 is 0 Å². The van der Waals surface area contributed by atoms with Gasteiger partial charge in [-0.2, -0.15) is 0 Å². The summed E-state index contributed by atoms with van der Waals surface area (Å²) in [6.45, 7) is 15.8. The predicted octanol–water partition coefficient (Wildman–Crippen LogP) is 5.87. The minimum absolute atomic E-state index is 0.00117. The van der Waals surface area contributed by atoms with Crippen molar-refractivity contribution >= 4 is 86.3 Å². The van der Waals surface area contributed by atoms with Crippen LogP contribution in [0.5, 0.6) is 0 Å². The zero-order chi connectivity index (χ0) is 74.9. The second kappa shape index (κ2) is 39.5. The fraction of sp³-hybridized carbons (Fsp3) is 0.586. The van der Waals surface area contributed by atoms with Crippen LogP contribution in [-0.2, 0) is 70.6 Å². The van der Waals surface area contributed by atoms with Gasteiger partial charge < -0.3 is 66.8 Å². The Labute approximate surface area is 596 Å². The molecule has 556 valence electrons. The number of methoxy groups -OCH3 is 2. The van der Waals surface area contributed by atoms with Crippen molar-refractivity contribution in [2.75, 3.05) is 52.1 Å². The minimum atomic E-state index is -3.60. The van der Waals surface area contributed by atoms with Crippen molar-refractivity contribution in [3.8, 4) is 0 Å². The standard InChI is InChI=1S/C70H103N13O16S2/c1-14-44(6)59(53(97-11)38-56(85)82-35-22-26-51(82)60(98-12)45(7)61(86)77-49(63-73-34-36-100-63)37-46-23-17-15-18-24-46)81(10)64(88)57(42(2)3)79-67(92)70(8,9)80-69(94)99-41-47-28-30-48(31-29-47)83(52(66(90)91)25-21-33-74-68(71)93)65(89)58(43(4)5)78-54(84)27-19-16-20-32-72-62(87)50-39-76-55(40-75-50)101(13,95)96/h15,17-18,23-24,28-31,34,36,39-40,42-45,49,51-53,57-60H,14,16,19-22,25-27,32-33,35,37-38,41H2,1-13H3,(H,72,87)(H,77,86)(H,78,84)(H,79,92)(H,80,94)(H,90,91)(H3,71,74,93)/t44-,45+,49-,51-,52-,53+,57-,58-,59-,60+/m0/s1. The van der Waals surface area contributed by atoms with Gasteiger partial charge in [0.25, 0.3) is 11.8 Å². The Balaban J connectivity index is 1.21. The van der Waals surface area contributed by atoms with Crippen molar-refractivity contribution in [2.24, 2.45) is 29.4 Å². The highest BCUT2D eigenvalue weighted by Crippen LogP contribution is 2.32. The second-order valence-corrected chi connectivity index (χ2v) is 29.7. The molecule has 1 aliphatic rings. The van der Waals surface area contributed by atoms with E-state index < -0.39 is 123 Å². The lowest BCUT2D eigenvalue weighted by Crippen LogP contribution is -2.62. The van der Waals surface area contributed by atoms with Crippen LogP contribution in [0.2, 0.25) is 0 Å². The number of primary amides is 1. The molecule has 9 N–H and O–H groups in total. The number of nitrogens with two attached hydrogens (primary N) is 1. The summed E-state index contributed by atoms with van der Waals surface area (Å²) in [6, 6.07) is 9.65. The minimum Gasteiger partial charge on any atom is -0.480 e. The first-order valence-corrected chi connectivity index (χ1v) is 36.9. The first kappa shape index (κ1) is 83.0. The number of aliphatic carboxylic acids is 1. The summed E-state index contributed by atoms with van der Waals surface area (Å²) >= 11 is 1.46. The molecule has 10 amide bonds. The summed E-state index contributed by atoms with van der Waals surface area (Å²) < 4.78 is 41.1. The summed E-state index contributed by atoms with van der Waals surface area (Å²) in [6.07, 6.45) is 5.85. The number of sulfone groups is 1. The summed E-state index contributed by atoms with van der Waals surface area (Å²) in [7, 11) is 1.05. The van der Waals surface area contributed by atoms with E-state index in [2.05, 4.69) is 46.9 Å². The number of likely N-dealkylation sites (N-methyl/N-ethyl adjacent to an activating group) is 1. The first-order valence-electron chi connectivity index (χ1n) is 34.1. The molecule has 0 radical (unpaired) electrons. The number of hydrogen-bond donors (Lipinski definition) is 8. The molecule has 101 heavy (non-hydrogen) atoms. The molecule has 29 nitrogen and oxygen atoms in total. The number of amides is 10. The number of carbonyl (C=O) groups is 10. The van der Waals surface area contributed by atoms with Gasteiger partial charge >= 0.3 is 18.1 Å². The van der Waals surface area contributed by atoms with Gasteiger partial charge in [0.05, 0.1) is 55.1 Å². The van der Waals surface area contributed by atoms with Gasteiger partial charge in [-0.1, -0.05) is 104 Å². The number of carboxylic acids is 1. The number of rotatable bonds is 40. The Morgan fingerprint density at radius 1 is 0.802 bits per heavy atom. The van der Waals surface area contributed by atoms with Crippen LogP contribution in [0.1, 0.15) is 159 Å². The molecule has 0 spiro atoms. The number of urea groups is 1. The summed E-state index contributed by atoms with van der Waals surface area (Å²) in [5, 5.41) is 29.5. The van der Waals surface area contributed by atoms with Crippen LogP contribution in [0, 0.1) is 23.7 Å². The van der Waals surface area contributed by atoms with Crippen molar-refractivity contribution in [3.05, 3.63) is 100 Å². The van der Waals surface area contributed by atoms with E-state index in [0.29, 0.717) is 57.1 Å². The largest absolute Gasteiger partial charge is 0.480 e. The first-order chi connectivity index (χ1) is 47.7. The molecule has 10 atom stereocenters. The lowest BCUT2D eigenvalue weighted by molar-refractivity contribution is -0.148. The number of carboxylic acid groups (broad SMARTS) is 1. The molecular formula is C70H103N13O16S2. The number of nitrogens with zero attached hydrogens (tertiary/aromatic N) is 6. The number of aromatic nitrogens is 3. The van der Waals surface area contributed by atoms with Crippen molar-refractivity contribution in [2.45, 2.75) is 199 Å². The number of nitrogens with one attached hydrogen (secondary N) is 6. The third kappa shape index (κ3) is 24.5. The van der Waals surface area contributed by atoms with Gasteiger partial charge in [0.15, 0.2) is 14.9 Å². The number of thiazole rings is 1. The molecule has 1 fully saturated rings. The highest BCUT2D eigenvalue weighted by Gasteiger charge is 2.45. The third-order valence-electron chi connectivity index (χ3n) is 18.0. The number of alkyl carbamates (subject to hydrolysis) is 1. The number of unbranched alkanes of at least 4 members (excludes halogenated alkanes) is 2. The van der Waals surface area contributed by atoms with Crippen molar-refractivity contribution in [1.82, 2.24) is 56.7 Å². The lowest BCUT2D eigenvalue weighted by Gasteiger charge is -2.41. The molecule has 3 heterocycles. The highest BCUT2D eigenvalue weighted by molar-refractivity contribution is 7.90. The van der Waals surface area contributed by atoms with Crippen LogP contribution in [0.3, 0.4) is 0 Å². The van der Waals surface area contributed by atoms with Gasteiger partial charge in [-0.3, -0.25) is 38.5 Å². The van der Waals surface area contributed by atoms with Crippen molar-refractivity contribution in [3.63, 3.8) is 0 Å². The normalized spacial score (nSPS) is 15.9. The fourth-order valence-corrected chi connectivity index (χ4v) is 13.3. The zero-order valence-corrected chi connectivity index (χ0v) is 61.8. The molecule has 0 unspecified atom stereocenters. The average Bonchev–Trinajstić information content (AvgIpc) is 1.79. The van der Waals surface area contributed by atoms with E-state index in [1.807, 2.05) is 49.6 Å². The molecule has 4 aromatic rings. The summed E-state index contributed by atoms with van der Waals surface area (Å²) in [5.74, 6) is -6.66. The molecule has 0 bridgehead atoms. The maximum absolute atomic E-state index is 14.8. The van der Waals surface area contributed by atoms with Crippen LogP contribution in [0.15, 0.2) is 83.6 Å². The maximum Gasteiger partial charge on any atom is 0.408 e. The molecule has 31 heteroatoms. The predicted molar refractivity (Wildman–Crippen MR) is 378 cm³/mol. The Bertz CT molecular complexity index is 3510. The number of hydrogen-bond acceptors (Lipinski definition) is 19. The topological polar surface area (TPSA) is 399 Å². The van der Waals surface area contributed by atoms with Gasteiger partial charge in [0.2, 0.25) is 29.5 Å². The van der Waals surface area contributed by atoms with Crippen molar-refractivity contribution in [1.29, 1.82) is 0 Å². The molecule has 2 aromatic carbocycles. The molecule has 0 saturated carbocycles. The quantitative estimate of drug-likeness (QED) is 0.0241. The monoisotopic (exact) mass is 1450 g/mol. The number of anilines is 1. The number of benzene rings is 2. The average molecular weight is 1450 g/mol. The lowest BCUT2D eigenvalue weighted by atomic mass is 9.89. The molecule has 1 saturated heterocycles. The highest BCUT2D eigenvalue weighted by atomic mass is 32.2. The SMILES string of the molecule is CC[C@H](C)[C@@H]([C@@H](CC(=O)N1CCC[C@H]1[C@H](OC)[C@@H](C)C(=O)N[C@@H](Cc1ccccc1)c1nccs1)OC)N(C)C(=O)[C@@H](NC(=O)C(C)(C)NC(=O)OCc1ccc(N(C(=O)[C@@H](NC(=O)CCCCCNC(=O)c2cnc(S(C)(=O)=O)cn2)C(C)C)[C@@H](CCCNC(N)=O)C(=O)O)cc1)C(C)C. The van der Waals surface area contributed by atoms with E-state index in [1.54, 1.807) is 59.9 Å². The van der Waals surface area contributed by atoms with Crippen LogP contribution in [-0.4, -0.2) is 193 Å².